The van der Waals surface area contributed by atoms with Gasteiger partial charge in [0.05, 0.1) is 12.3 Å². The minimum absolute atomic E-state index is 0.296. The Morgan fingerprint density at radius 2 is 2.23 bits per heavy atom. The molecule has 0 saturated carbocycles. The molecular weight excluding hydrogens is 176 g/mol. The lowest BCUT2D eigenvalue weighted by atomic mass is 10.4. The van der Waals surface area contributed by atoms with Gasteiger partial charge in [-0.2, -0.15) is 0 Å². The van der Waals surface area contributed by atoms with Gasteiger partial charge in [0.25, 0.3) is 0 Å². The fourth-order valence-electron chi connectivity index (χ4n) is 0.896. The molecule has 66 valence electrons. The molecule has 0 radical (unpaired) electrons. The van der Waals surface area contributed by atoms with E-state index in [9.17, 15) is 10.1 Å². The average molecular weight is 180 g/mol. The Kier molecular flexibility index (Phi) is 1.59. The molecule has 0 bridgehead atoms. The van der Waals surface area contributed by atoms with Crippen molar-refractivity contribution >= 4 is 5.88 Å². The van der Waals surface area contributed by atoms with Gasteiger partial charge in [-0.3, -0.25) is 10.1 Å². The summed E-state index contributed by atoms with van der Waals surface area (Å²) in [4.78, 5) is 13.3. The second-order valence-electron chi connectivity index (χ2n) is 2.26. The van der Waals surface area contributed by atoms with Crippen molar-refractivity contribution in [1.82, 2.24) is 4.98 Å². The smallest absolute Gasteiger partial charge is 0.433 e. The van der Waals surface area contributed by atoms with Crippen LogP contribution in [0, 0.1) is 10.1 Å². The Labute approximate surface area is 71.9 Å². The van der Waals surface area contributed by atoms with Crippen LogP contribution in [-0.4, -0.2) is 9.91 Å². The predicted octanol–water partition coefficient (Wildman–Crippen LogP) is 1.84. The van der Waals surface area contributed by atoms with E-state index >= 15 is 0 Å². The Morgan fingerprint density at radius 1 is 1.38 bits per heavy atom. The van der Waals surface area contributed by atoms with Crippen LogP contribution in [0.15, 0.2) is 33.6 Å². The van der Waals surface area contributed by atoms with Gasteiger partial charge < -0.3 is 8.83 Å². The summed E-state index contributed by atoms with van der Waals surface area (Å²) >= 11 is 0. The standard InChI is InChI=1S/C7H4N2O4/c10-9(11)7-2-1-5(13-7)6-3-8-4-12-6/h1-4H. The molecule has 0 fully saturated rings. The molecule has 0 saturated heterocycles. The van der Waals surface area contributed by atoms with Crippen LogP contribution >= 0.6 is 0 Å². The fraction of sp³-hybridized carbons (Fsp3) is 0. The van der Waals surface area contributed by atoms with Crippen LogP contribution in [0.4, 0.5) is 5.88 Å². The predicted molar refractivity (Wildman–Crippen MR) is 40.9 cm³/mol. The Hall–Kier alpha value is -2.11. The highest BCUT2D eigenvalue weighted by molar-refractivity contribution is 5.49. The van der Waals surface area contributed by atoms with Crippen molar-refractivity contribution in [2.75, 3.05) is 0 Å². The van der Waals surface area contributed by atoms with E-state index in [1.807, 2.05) is 0 Å². The maximum absolute atomic E-state index is 10.2. The molecule has 2 rings (SSSR count). The van der Waals surface area contributed by atoms with Gasteiger partial charge in [-0.05, 0) is 6.07 Å². The lowest BCUT2D eigenvalue weighted by molar-refractivity contribution is -0.401. The summed E-state index contributed by atoms with van der Waals surface area (Å²) in [7, 11) is 0. The molecule has 0 spiro atoms. The molecule has 0 aliphatic rings. The highest BCUT2D eigenvalue weighted by Gasteiger charge is 2.14. The summed E-state index contributed by atoms with van der Waals surface area (Å²) in [6.45, 7) is 0. The third-order valence-electron chi connectivity index (χ3n) is 1.45. The Bertz CT molecular complexity index is 417. The van der Waals surface area contributed by atoms with Gasteiger partial charge in [0.1, 0.15) is 4.92 Å². The summed E-state index contributed by atoms with van der Waals surface area (Å²) in [5, 5.41) is 10.2. The van der Waals surface area contributed by atoms with Crippen molar-refractivity contribution in [2.45, 2.75) is 0 Å². The molecule has 0 unspecified atom stereocenters. The molecule has 0 aliphatic heterocycles. The molecule has 6 heteroatoms. The maximum atomic E-state index is 10.2. The minimum atomic E-state index is -0.611. The van der Waals surface area contributed by atoms with Crippen LogP contribution in [0.25, 0.3) is 11.5 Å². The lowest BCUT2D eigenvalue weighted by Crippen LogP contribution is -1.82. The van der Waals surface area contributed by atoms with Crippen LogP contribution in [0.1, 0.15) is 0 Å². The van der Waals surface area contributed by atoms with E-state index in [1.54, 1.807) is 0 Å². The summed E-state index contributed by atoms with van der Waals surface area (Å²) in [6.07, 6.45) is 2.65. The van der Waals surface area contributed by atoms with E-state index in [0.29, 0.717) is 11.5 Å². The SMILES string of the molecule is O=[N+]([O-])c1ccc(-c2cnco2)o1. The highest BCUT2D eigenvalue weighted by atomic mass is 16.6. The first-order chi connectivity index (χ1) is 6.27. The number of nitrogens with zero attached hydrogens (tertiary/aromatic N) is 2. The van der Waals surface area contributed by atoms with Crippen molar-refractivity contribution in [3.63, 3.8) is 0 Å². The third kappa shape index (κ3) is 1.28. The van der Waals surface area contributed by atoms with Crippen molar-refractivity contribution in [2.24, 2.45) is 0 Å². The molecular formula is C7H4N2O4. The molecule has 0 aromatic carbocycles. The monoisotopic (exact) mass is 180 g/mol. The second kappa shape index (κ2) is 2.74. The summed E-state index contributed by atoms with van der Waals surface area (Å²) in [6, 6.07) is 2.72. The summed E-state index contributed by atoms with van der Waals surface area (Å²) in [5.74, 6) is 0.351. The quantitative estimate of drug-likeness (QED) is 0.520. The fourth-order valence-corrected chi connectivity index (χ4v) is 0.896. The molecule has 13 heavy (non-hydrogen) atoms. The number of furan rings is 1. The van der Waals surface area contributed by atoms with E-state index in [-0.39, 0.29) is 5.88 Å². The number of nitro groups is 1. The van der Waals surface area contributed by atoms with Gasteiger partial charge in [-0.15, -0.1) is 0 Å². The third-order valence-corrected chi connectivity index (χ3v) is 1.45. The van der Waals surface area contributed by atoms with E-state index in [1.165, 1.54) is 24.7 Å². The van der Waals surface area contributed by atoms with Crippen LogP contribution < -0.4 is 0 Å². The zero-order chi connectivity index (χ0) is 9.26. The number of aromatic nitrogens is 1. The van der Waals surface area contributed by atoms with Crippen molar-refractivity contribution in [1.29, 1.82) is 0 Å². The first-order valence-corrected chi connectivity index (χ1v) is 3.40. The van der Waals surface area contributed by atoms with Crippen LogP contribution in [0.5, 0.6) is 0 Å². The van der Waals surface area contributed by atoms with E-state index < -0.39 is 4.92 Å². The van der Waals surface area contributed by atoms with E-state index in [0.717, 1.165) is 0 Å². The van der Waals surface area contributed by atoms with Gasteiger partial charge in [0.2, 0.25) is 0 Å². The normalized spacial score (nSPS) is 10.2. The molecule has 0 amide bonds. The van der Waals surface area contributed by atoms with Gasteiger partial charge in [-0.25, -0.2) is 4.98 Å². The van der Waals surface area contributed by atoms with Gasteiger partial charge in [-0.1, -0.05) is 0 Å². The molecule has 2 aromatic rings. The Morgan fingerprint density at radius 3 is 2.77 bits per heavy atom. The van der Waals surface area contributed by atoms with Crippen molar-refractivity contribution < 1.29 is 13.8 Å². The second-order valence-corrected chi connectivity index (χ2v) is 2.26. The zero-order valence-electron chi connectivity index (χ0n) is 6.34. The molecule has 0 atom stereocenters. The lowest BCUT2D eigenvalue weighted by Gasteiger charge is -1.85. The molecule has 0 N–H and O–H groups in total. The van der Waals surface area contributed by atoms with Gasteiger partial charge in [0.15, 0.2) is 17.9 Å². The van der Waals surface area contributed by atoms with Gasteiger partial charge in [0, 0.05) is 0 Å². The van der Waals surface area contributed by atoms with Gasteiger partial charge >= 0.3 is 5.88 Å². The molecule has 2 aromatic heterocycles. The number of rotatable bonds is 2. The number of hydrogen-bond acceptors (Lipinski definition) is 5. The maximum Gasteiger partial charge on any atom is 0.433 e. The molecule has 2 heterocycles. The summed E-state index contributed by atoms with van der Waals surface area (Å²) in [5.41, 5.74) is 0. The van der Waals surface area contributed by atoms with E-state index in [4.69, 9.17) is 8.83 Å². The van der Waals surface area contributed by atoms with E-state index in [2.05, 4.69) is 4.98 Å². The Balaban J connectivity index is 2.39. The molecule has 0 aliphatic carbocycles. The number of oxazole rings is 1. The largest absolute Gasteiger partial charge is 0.440 e. The van der Waals surface area contributed by atoms with Crippen LogP contribution in [0.3, 0.4) is 0 Å². The minimum Gasteiger partial charge on any atom is -0.440 e. The first-order valence-electron chi connectivity index (χ1n) is 3.40. The topological polar surface area (TPSA) is 82.3 Å². The highest BCUT2D eigenvalue weighted by Crippen LogP contribution is 2.25. The van der Waals surface area contributed by atoms with Crippen molar-refractivity contribution in [3.05, 3.63) is 34.8 Å². The zero-order valence-corrected chi connectivity index (χ0v) is 6.34. The summed E-state index contributed by atoms with van der Waals surface area (Å²) < 4.78 is 9.74. The first kappa shape index (κ1) is 7.53. The molecule has 6 nitrogen and oxygen atoms in total. The van der Waals surface area contributed by atoms with Crippen LogP contribution in [-0.2, 0) is 0 Å². The van der Waals surface area contributed by atoms with Crippen LogP contribution in [0.2, 0.25) is 0 Å². The average Bonchev–Trinajstić information content (AvgIpc) is 2.75. The van der Waals surface area contributed by atoms with Crippen molar-refractivity contribution in [3.8, 4) is 11.5 Å². The number of hydrogen-bond donors (Lipinski definition) is 0.